The topological polar surface area (TPSA) is 33.5 Å². The Morgan fingerprint density at radius 1 is 1.40 bits per heavy atom. The Bertz CT molecular complexity index is 335. The van der Waals surface area contributed by atoms with Crippen LogP contribution in [0.4, 0.5) is 0 Å². The van der Waals surface area contributed by atoms with Gasteiger partial charge in [0.15, 0.2) is 5.78 Å². The number of likely N-dealkylation sites (tertiary alicyclic amines) is 1. The van der Waals surface area contributed by atoms with Gasteiger partial charge in [-0.05, 0) is 45.8 Å². The van der Waals surface area contributed by atoms with Crippen LogP contribution in [0.25, 0.3) is 0 Å². The van der Waals surface area contributed by atoms with Crippen molar-refractivity contribution in [3.8, 4) is 0 Å². The Balaban J connectivity index is 2.17. The third kappa shape index (κ3) is 1.84. The highest BCUT2D eigenvalue weighted by Crippen LogP contribution is 2.24. The normalized spacial score (nSPS) is 18.3. The second-order valence-corrected chi connectivity index (χ2v) is 4.59. The van der Waals surface area contributed by atoms with Crippen molar-refractivity contribution in [1.29, 1.82) is 0 Å². The fourth-order valence-corrected chi connectivity index (χ4v) is 2.17. The molecule has 15 heavy (non-hydrogen) atoms. The summed E-state index contributed by atoms with van der Waals surface area (Å²) in [5.74, 6) is 0.151. The maximum Gasteiger partial charge on any atom is 0.185 e. The molecular formula is C12H17NO2. The summed E-state index contributed by atoms with van der Waals surface area (Å²) in [7, 11) is 0. The summed E-state index contributed by atoms with van der Waals surface area (Å²) in [4.78, 5) is 14.5. The van der Waals surface area contributed by atoms with Gasteiger partial charge in [-0.25, -0.2) is 0 Å². The van der Waals surface area contributed by atoms with Gasteiger partial charge in [-0.3, -0.25) is 9.69 Å². The van der Waals surface area contributed by atoms with Gasteiger partial charge in [0.2, 0.25) is 0 Å². The summed E-state index contributed by atoms with van der Waals surface area (Å²) in [6, 6.07) is 1.74. The minimum Gasteiger partial charge on any atom is -0.472 e. The molecule has 0 aromatic carbocycles. The zero-order valence-corrected chi connectivity index (χ0v) is 9.32. The van der Waals surface area contributed by atoms with E-state index in [-0.39, 0.29) is 5.78 Å². The Hall–Kier alpha value is -1.09. The molecule has 3 nitrogen and oxygen atoms in total. The van der Waals surface area contributed by atoms with Crippen molar-refractivity contribution in [2.45, 2.75) is 32.2 Å². The predicted octanol–water partition coefficient (Wildman–Crippen LogP) is 2.34. The molecule has 1 saturated heterocycles. The Morgan fingerprint density at radius 3 is 2.60 bits per heavy atom. The first-order chi connectivity index (χ1) is 7.12. The minimum atomic E-state index is -0.402. The molecule has 2 rings (SSSR count). The first-order valence-electron chi connectivity index (χ1n) is 5.44. The van der Waals surface area contributed by atoms with Crippen LogP contribution in [0.3, 0.4) is 0 Å². The Labute approximate surface area is 90.1 Å². The van der Waals surface area contributed by atoms with Crippen LogP contribution in [0, 0.1) is 0 Å². The highest BCUT2D eigenvalue weighted by molar-refractivity contribution is 6.02. The van der Waals surface area contributed by atoms with Crippen molar-refractivity contribution in [2.24, 2.45) is 0 Å². The molecule has 1 aliphatic heterocycles. The number of furan rings is 1. The number of hydrogen-bond acceptors (Lipinski definition) is 3. The number of ketones is 1. The second kappa shape index (κ2) is 3.81. The molecule has 0 N–H and O–H groups in total. The van der Waals surface area contributed by atoms with Crippen molar-refractivity contribution in [1.82, 2.24) is 4.90 Å². The summed E-state index contributed by atoms with van der Waals surface area (Å²) >= 11 is 0. The molecule has 0 unspecified atom stereocenters. The lowest BCUT2D eigenvalue weighted by molar-refractivity contribution is 0.0702. The fourth-order valence-electron chi connectivity index (χ4n) is 2.17. The van der Waals surface area contributed by atoms with Gasteiger partial charge in [0.25, 0.3) is 0 Å². The van der Waals surface area contributed by atoms with E-state index in [9.17, 15) is 4.79 Å². The lowest BCUT2D eigenvalue weighted by atomic mass is 9.93. The molecule has 1 aromatic heterocycles. The molecule has 1 aromatic rings. The number of hydrogen-bond donors (Lipinski definition) is 0. The van der Waals surface area contributed by atoms with E-state index in [0.717, 1.165) is 13.1 Å². The zero-order chi connectivity index (χ0) is 10.9. The van der Waals surface area contributed by atoms with Gasteiger partial charge in [-0.15, -0.1) is 0 Å². The van der Waals surface area contributed by atoms with Crippen LogP contribution in [0.1, 0.15) is 37.0 Å². The van der Waals surface area contributed by atoms with Crippen LogP contribution in [0.15, 0.2) is 23.0 Å². The summed E-state index contributed by atoms with van der Waals surface area (Å²) < 4.78 is 4.95. The van der Waals surface area contributed by atoms with Crippen molar-refractivity contribution in [3.05, 3.63) is 24.2 Å². The largest absolute Gasteiger partial charge is 0.472 e. The number of carbonyl (C=O) groups is 1. The average molecular weight is 207 g/mol. The maximum atomic E-state index is 12.2. The maximum absolute atomic E-state index is 12.2. The third-order valence-corrected chi connectivity index (χ3v) is 3.24. The van der Waals surface area contributed by atoms with Crippen LogP contribution in [0.5, 0.6) is 0 Å². The molecule has 0 radical (unpaired) electrons. The highest BCUT2D eigenvalue weighted by Gasteiger charge is 2.36. The van der Waals surface area contributed by atoms with Gasteiger partial charge in [-0.2, -0.15) is 0 Å². The van der Waals surface area contributed by atoms with Gasteiger partial charge in [0.05, 0.1) is 17.4 Å². The van der Waals surface area contributed by atoms with Crippen LogP contribution >= 0.6 is 0 Å². The van der Waals surface area contributed by atoms with Crippen molar-refractivity contribution in [2.75, 3.05) is 13.1 Å². The molecule has 0 spiro atoms. The molecule has 0 atom stereocenters. The number of rotatable bonds is 3. The van der Waals surface area contributed by atoms with Gasteiger partial charge < -0.3 is 4.42 Å². The standard InChI is InChI=1S/C12H17NO2/c1-12(2,13-6-3-4-7-13)11(14)10-5-8-15-9-10/h5,8-9H,3-4,6-7H2,1-2H3. The predicted molar refractivity (Wildman–Crippen MR) is 57.9 cm³/mol. The van der Waals surface area contributed by atoms with Gasteiger partial charge in [-0.1, -0.05) is 0 Å². The van der Waals surface area contributed by atoms with Crippen molar-refractivity contribution in [3.63, 3.8) is 0 Å². The van der Waals surface area contributed by atoms with Gasteiger partial charge in [0, 0.05) is 0 Å². The van der Waals surface area contributed by atoms with E-state index in [0.29, 0.717) is 5.56 Å². The lowest BCUT2D eigenvalue weighted by Gasteiger charge is -2.33. The van der Waals surface area contributed by atoms with E-state index in [1.807, 2.05) is 13.8 Å². The second-order valence-electron chi connectivity index (χ2n) is 4.59. The van der Waals surface area contributed by atoms with Crippen LogP contribution in [0.2, 0.25) is 0 Å². The van der Waals surface area contributed by atoms with Crippen molar-refractivity contribution >= 4 is 5.78 Å². The lowest BCUT2D eigenvalue weighted by Crippen LogP contribution is -2.48. The molecule has 0 aliphatic carbocycles. The van der Waals surface area contributed by atoms with Gasteiger partial charge >= 0.3 is 0 Å². The molecular weight excluding hydrogens is 190 g/mol. The average Bonchev–Trinajstić information content (AvgIpc) is 2.89. The third-order valence-electron chi connectivity index (χ3n) is 3.24. The van der Waals surface area contributed by atoms with E-state index in [1.54, 1.807) is 12.3 Å². The molecule has 0 amide bonds. The molecule has 82 valence electrons. The van der Waals surface area contributed by atoms with E-state index < -0.39 is 5.54 Å². The SMILES string of the molecule is CC(C)(C(=O)c1ccoc1)N1CCCC1. The van der Waals surface area contributed by atoms with Gasteiger partial charge in [0.1, 0.15) is 6.26 Å². The number of nitrogens with zero attached hydrogens (tertiary/aromatic N) is 1. The van der Waals surface area contributed by atoms with Crippen LogP contribution < -0.4 is 0 Å². The highest BCUT2D eigenvalue weighted by atomic mass is 16.3. The van der Waals surface area contributed by atoms with Crippen molar-refractivity contribution < 1.29 is 9.21 Å². The Morgan fingerprint density at radius 2 is 2.07 bits per heavy atom. The van der Waals surface area contributed by atoms with E-state index in [1.165, 1.54) is 19.1 Å². The summed E-state index contributed by atoms with van der Waals surface area (Å²) in [6.07, 6.45) is 5.47. The first-order valence-corrected chi connectivity index (χ1v) is 5.44. The molecule has 0 saturated carbocycles. The Kier molecular flexibility index (Phi) is 2.65. The molecule has 1 aliphatic rings. The fraction of sp³-hybridized carbons (Fsp3) is 0.583. The van der Waals surface area contributed by atoms with E-state index >= 15 is 0 Å². The van der Waals surface area contributed by atoms with Crippen LogP contribution in [-0.4, -0.2) is 29.3 Å². The summed E-state index contributed by atoms with van der Waals surface area (Å²) in [6.45, 7) is 6.04. The monoisotopic (exact) mass is 207 g/mol. The summed E-state index contributed by atoms with van der Waals surface area (Å²) in [5.41, 5.74) is 0.271. The van der Waals surface area contributed by atoms with E-state index in [2.05, 4.69) is 4.90 Å². The summed E-state index contributed by atoms with van der Waals surface area (Å²) in [5, 5.41) is 0. The molecule has 1 fully saturated rings. The zero-order valence-electron chi connectivity index (χ0n) is 9.32. The first kappa shape index (κ1) is 10.4. The minimum absolute atomic E-state index is 0.151. The molecule has 3 heteroatoms. The molecule has 2 heterocycles. The number of carbonyl (C=O) groups excluding carboxylic acids is 1. The number of Topliss-reactive ketones (excluding diaryl/α,β-unsaturated/α-hetero) is 1. The molecule has 0 bridgehead atoms. The quantitative estimate of drug-likeness (QED) is 0.713. The van der Waals surface area contributed by atoms with Crippen LogP contribution in [-0.2, 0) is 0 Å². The smallest absolute Gasteiger partial charge is 0.185 e. The van der Waals surface area contributed by atoms with E-state index in [4.69, 9.17) is 4.42 Å².